The summed E-state index contributed by atoms with van der Waals surface area (Å²) < 4.78 is 38.7. The summed E-state index contributed by atoms with van der Waals surface area (Å²) in [7, 11) is -3.77. The van der Waals surface area contributed by atoms with E-state index < -0.39 is 14.9 Å². The molecule has 2 aromatic rings. The van der Waals surface area contributed by atoms with Crippen LogP contribution in [0.25, 0.3) is 0 Å². The molecule has 1 heterocycles. The largest absolute Gasteiger partial charge is 0.374 e. The van der Waals surface area contributed by atoms with Crippen LogP contribution in [0.2, 0.25) is 0 Å². The van der Waals surface area contributed by atoms with Gasteiger partial charge in [0.15, 0.2) is 0 Å². The Kier molecular flexibility index (Phi) is 6.40. The van der Waals surface area contributed by atoms with Crippen molar-refractivity contribution in [1.29, 1.82) is 0 Å². The molecule has 0 spiro atoms. The van der Waals surface area contributed by atoms with E-state index in [2.05, 4.69) is 0 Å². The zero-order valence-corrected chi connectivity index (χ0v) is 16.2. The van der Waals surface area contributed by atoms with E-state index in [0.29, 0.717) is 6.61 Å². The predicted molar refractivity (Wildman–Crippen MR) is 102 cm³/mol. The molecule has 0 aliphatic carbocycles. The van der Waals surface area contributed by atoms with Gasteiger partial charge in [-0.2, -0.15) is 4.31 Å². The molecule has 0 saturated carbocycles. The fourth-order valence-electron chi connectivity index (χ4n) is 3.06. The van der Waals surface area contributed by atoms with Gasteiger partial charge in [-0.15, -0.1) is 0 Å². The molecule has 3 rings (SSSR count). The highest BCUT2D eigenvalue weighted by Crippen LogP contribution is 2.23. The van der Waals surface area contributed by atoms with Crippen LogP contribution in [0.1, 0.15) is 12.5 Å². The molecular formula is C19H22N2O6S. The molecule has 1 aliphatic rings. The summed E-state index contributed by atoms with van der Waals surface area (Å²) in [5, 5.41) is 10.8. The molecule has 8 nitrogen and oxygen atoms in total. The van der Waals surface area contributed by atoms with Crippen LogP contribution in [-0.2, 0) is 26.1 Å². The van der Waals surface area contributed by atoms with E-state index >= 15 is 0 Å². The van der Waals surface area contributed by atoms with Crippen LogP contribution < -0.4 is 0 Å². The Hall–Kier alpha value is -2.33. The molecule has 2 atom stereocenters. The van der Waals surface area contributed by atoms with Gasteiger partial charge in [0, 0.05) is 25.2 Å². The fourth-order valence-corrected chi connectivity index (χ4v) is 4.61. The number of hydrogen-bond acceptors (Lipinski definition) is 6. The normalized spacial score (nSPS) is 20.8. The summed E-state index contributed by atoms with van der Waals surface area (Å²) in [5.74, 6) is 0. The van der Waals surface area contributed by atoms with Crippen molar-refractivity contribution in [2.45, 2.75) is 30.6 Å². The quantitative estimate of drug-likeness (QED) is 0.518. The Labute approximate surface area is 163 Å². The van der Waals surface area contributed by atoms with Gasteiger partial charge < -0.3 is 9.47 Å². The minimum absolute atomic E-state index is 0.0242. The smallest absolute Gasteiger partial charge is 0.269 e. The van der Waals surface area contributed by atoms with Crippen LogP contribution in [0.5, 0.6) is 0 Å². The molecule has 28 heavy (non-hydrogen) atoms. The third-order valence-corrected chi connectivity index (χ3v) is 6.24. The maximum Gasteiger partial charge on any atom is 0.269 e. The average molecular weight is 406 g/mol. The lowest BCUT2D eigenvalue weighted by Crippen LogP contribution is -2.50. The summed E-state index contributed by atoms with van der Waals surface area (Å²) in [5.41, 5.74) is 0.878. The highest BCUT2D eigenvalue weighted by atomic mass is 32.2. The Morgan fingerprint density at radius 3 is 2.46 bits per heavy atom. The number of morpholine rings is 1. The second-order valence-corrected chi connectivity index (χ2v) is 8.58. The van der Waals surface area contributed by atoms with Gasteiger partial charge in [0.2, 0.25) is 10.0 Å². The summed E-state index contributed by atoms with van der Waals surface area (Å²) >= 11 is 0. The van der Waals surface area contributed by atoms with Crippen molar-refractivity contribution in [3.05, 3.63) is 70.3 Å². The first-order valence-corrected chi connectivity index (χ1v) is 10.3. The number of nitro groups is 1. The van der Waals surface area contributed by atoms with Crippen LogP contribution in [0.4, 0.5) is 5.69 Å². The number of nitrogens with zero attached hydrogens (tertiary/aromatic N) is 2. The Morgan fingerprint density at radius 2 is 1.82 bits per heavy atom. The highest BCUT2D eigenvalue weighted by molar-refractivity contribution is 7.89. The van der Waals surface area contributed by atoms with E-state index in [1.54, 1.807) is 0 Å². The number of hydrogen-bond donors (Lipinski definition) is 0. The first-order valence-electron chi connectivity index (χ1n) is 8.88. The van der Waals surface area contributed by atoms with Crippen molar-refractivity contribution >= 4 is 15.7 Å². The monoisotopic (exact) mass is 406 g/mol. The molecule has 0 amide bonds. The standard InChI is InChI=1S/C19H22N2O6S/c1-15-11-20(28(24,25)19-9-7-17(8-10-19)21(22)23)12-18(27-15)14-26-13-16-5-3-2-4-6-16/h2-10,15,18H,11-14H2,1H3/t15-,18-/m1/s1. The molecule has 0 aromatic heterocycles. The van der Waals surface area contributed by atoms with E-state index in [4.69, 9.17) is 9.47 Å². The molecule has 1 aliphatic heterocycles. The van der Waals surface area contributed by atoms with Crippen molar-refractivity contribution in [3.8, 4) is 0 Å². The number of benzene rings is 2. The lowest BCUT2D eigenvalue weighted by molar-refractivity contribution is -0.384. The van der Waals surface area contributed by atoms with Gasteiger partial charge in [-0.3, -0.25) is 10.1 Å². The minimum Gasteiger partial charge on any atom is -0.374 e. The maximum absolute atomic E-state index is 12.9. The third kappa shape index (κ3) is 4.93. The van der Waals surface area contributed by atoms with Crippen LogP contribution in [0, 0.1) is 10.1 Å². The van der Waals surface area contributed by atoms with Crippen molar-refractivity contribution in [3.63, 3.8) is 0 Å². The highest BCUT2D eigenvalue weighted by Gasteiger charge is 2.34. The van der Waals surface area contributed by atoms with E-state index in [9.17, 15) is 18.5 Å². The molecule has 2 aromatic carbocycles. The average Bonchev–Trinajstić information content (AvgIpc) is 2.68. The first-order chi connectivity index (χ1) is 13.4. The number of rotatable bonds is 7. The Bertz CT molecular complexity index is 902. The number of non-ortho nitro benzene ring substituents is 1. The van der Waals surface area contributed by atoms with Gasteiger partial charge in [-0.1, -0.05) is 30.3 Å². The number of nitro benzene ring substituents is 1. The third-order valence-electron chi connectivity index (χ3n) is 4.39. The van der Waals surface area contributed by atoms with E-state index in [0.717, 1.165) is 5.56 Å². The second-order valence-electron chi connectivity index (χ2n) is 6.64. The summed E-state index contributed by atoms with van der Waals surface area (Å²) in [6.45, 7) is 2.88. The van der Waals surface area contributed by atoms with Crippen LogP contribution in [-0.4, -0.2) is 49.6 Å². The summed E-state index contributed by atoms with van der Waals surface area (Å²) in [6, 6.07) is 14.6. The minimum atomic E-state index is -3.77. The van der Waals surface area contributed by atoms with E-state index in [-0.39, 0.29) is 42.5 Å². The van der Waals surface area contributed by atoms with Gasteiger partial charge in [0.25, 0.3) is 5.69 Å². The predicted octanol–water partition coefficient (Wildman–Crippen LogP) is 2.59. The summed E-state index contributed by atoms with van der Waals surface area (Å²) in [4.78, 5) is 10.2. The molecule has 9 heteroatoms. The fraction of sp³-hybridized carbons (Fsp3) is 0.368. The van der Waals surface area contributed by atoms with Gasteiger partial charge in [0.1, 0.15) is 0 Å². The van der Waals surface area contributed by atoms with E-state index in [1.807, 2.05) is 37.3 Å². The van der Waals surface area contributed by atoms with Crippen molar-refractivity contribution in [2.75, 3.05) is 19.7 Å². The lowest BCUT2D eigenvalue weighted by Gasteiger charge is -2.35. The van der Waals surface area contributed by atoms with Crippen LogP contribution >= 0.6 is 0 Å². The lowest BCUT2D eigenvalue weighted by atomic mass is 10.2. The molecule has 150 valence electrons. The second kappa shape index (κ2) is 8.78. The van der Waals surface area contributed by atoms with Gasteiger partial charge >= 0.3 is 0 Å². The van der Waals surface area contributed by atoms with E-state index in [1.165, 1.54) is 28.6 Å². The first kappa shape index (κ1) is 20.4. The summed E-state index contributed by atoms with van der Waals surface area (Å²) in [6.07, 6.45) is -0.674. The molecule has 1 fully saturated rings. The molecular weight excluding hydrogens is 384 g/mol. The van der Waals surface area contributed by atoms with Gasteiger partial charge in [0.05, 0.1) is 35.2 Å². The zero-order valence-electron chi connectivity index (χ0n) is 15.4. The SMILES string of the molecule is C[C@@H]1CN(S(=O)(=O)c2ccc([N+](=O)[O-])cc2)C[C@H](COCc2ccccc2)O1. The van der Waals surface area contributed by atoms with Gasteiger partial charge in [-0.25, -0.2) is 8.42 Å². The number of sulfonamides is 1. The molecule has 1 saturated heterocycles. The number of ether oxygens (including phenoxy) is 2. The van der Waals surface area contributed by atoms with Gasteiger partial charge in [-0.05, 0) is 24.6 Å². The molecule has 0 unspecified atom stereocenters. The molecule has 0 N–H and O–H groups in total. The molecule has 0 bridgehead atoms. The van der Waals surface area contributed by atoms with Crippen LogP contribution in [0.3, 0.4) is 0 Å². The molecule has 0 radical (unpaired) electrons. The Balaban J connectivity index is 1.64. The van der Waals surface area contributed by atoms with Crippen molar-refractivity contribution < 1.29 is 22.8 Å². The van der Waals surface area contributed by atoms with Crippen molar-refractivity contribution in [2.24, 2.45) is 0 Å². The Morgan fingerprint density at radius 1 is 1.14 bits per heavy atom. The maximum atomic E-state index is 12.9. The topological polar surface area (TPSA) is 99.0 Å². The van der Waals surface area contributed by atoms with Crippen molar-refractivity contribution in [1.82, 2.24) is 4.31 Å². The zero-order chi connectivity index (χ0) is 20.1. The van der Waals surface area contributed by atoms with Crippen LogP contribution in [0.15, 0.2) is 59.5 Å².